The molecule has 0 spiro atoms. The molecule has 2 aromatic heterocycles. The van der Waals surface area contributed by atoms with Crippen LogP contribution in [0.1, 0.15) is 73.3 Å². The van der Waals surface area contributed by atoms with Gasteiger partial charge in [-0.3, -0.25) is 4.98 Å². The van der Waals surface area contributed by atoms with Crippen molar-refractivity contribution in [3.05, 3.63) is 112 Å². The molecule has 2 heterocycles. The number of hydrogen-bond donors (Lipinski definition) is 2. The number of nitriles is 1. The van der Waals surface area contributed by atoms with Crippen LogP contribution in [0.5, 0.6) is 0 Å². The molecule has 0 bridgehead atoms. The summed E-state index contributed by atoms with van der Waals surface area (Å²) >= 11 is 6.69. The zero-order chi connectivity index (χ0) is 29.1. The molecule has 0 saturated heterocycles. The first-order chi connectivity index (χ1) is 19.8. The van der Waals surface area contributed by atoms with Crippen LogP contribution in [0.4, 0.5) is 15.8 Å². The second-order valence-electron chi connectivity index (χ2n) is 10.3. The molecule has 0 amide bonds. The summed E-state index contributed by atoms with van der Waals surface area (Å²) < 4.78 is 15.6. The van der Waals surface area contributed by atoms with Crippen molar-refractivity contribution in [3.63, 3.8) is 0 Å². The monoisotopic (exact) mass is 567 g/mol. The maximum atomic E-state index is 13.8. The van der Waals surface area contributed by atoms with Crippen molar-refractivity contribution >= 4 is 33.9 Å². The average Bonchev–Trinajstić information content (AvgIpc) is 3.46. The summed E-state index contributed by atoms with van der Waals surface area (Å²) in [4.78, 5) is 4.68. The molecule has 0 aliphatic rings. The van der Waals surface area contributed by atoms with Crippen molar-refractivity contribution in [2.45, 2.75) is 52.2 Å². The molecule has 0 radical (unpaired) electrons. The summed E-state index contributed by atoms with van der Waals surface area (Å²) in [5.41, 5.74) is 6.17. The summed E-state index contributed by atoms with van der Waals surface area (Å²) in [7, 11) is 0. The van der Waals surface area contributed by atoms with Crippen molar-refractivity contribution in [1.29, 1.82) is 5.26 Å². The lowest BCUT2D eigenvalue weighted by molar-refractivity contribution is 0.514. The van der Waals surface area contributed by atoms with Gasteiger partial charge in [-0.2, -0.15) is 5.26 Å². The fourth-order valence-corrected chi connectivity index (χ4v) is 5.20. The Morgan fingerprint density at radius 1 is 1.07 bits per heavy atom. The second-order valence-corrected chi connectivity index (χ2v) is 10.8. The molecule has 2 atom stereocenters. The van der Waals surface area contributed by atoms with Gasteiger partial charge in [0.25, 0.3) is 0 Å². The lowest BCUT2D eigenvalue weighted by Crippen LogP contribution is -2.15. The molecule has 41 heavy (non-hydrogen) atoms. The Bertz CT molecular complexity index is 1720. The molecule has 2 N–H and O–H groups in total. The van der Waals surface area contributed by atoms with Gasteiger partial charge in [-0.15, -0.1) is 5.10 Å². The highest BCUT2D eigenvalue weighted by Gasteiger charge is 2.23. The highest BCUT2D eigenvalue weighted by Crippen LogP contribution is 2.38. The van der Waals surface area contributed by atoms with Crippen LogP contribution in [0.3, 0.4) is 0 Å². The molecule has 0 aliphatic heterocycles. The zero-order valence-corrected chi connectivity index (χ0v) is 24.1. The number of hydrogen-bond acceptors (Lipinski definition) is 6. The van der Waals surface area contributed by atoms with E-state index in [1.165, 1.54) is 17.7 Å². The number of rotatable bonds is 9. The predicted octanol–water partition coefficient (Wildman–Crippen LogP) is 8.14. The molecule has 0 aliphatic carbocycles. The number of halogens is 2. The fraction of sp³-hybridized carbons (Fsp3) is 0.250. The van der Waals surface area contributed by atoms with Crippen molar-refractivity contribution in [1.82, 2.24) is 20.0 Å². The summed E-state index contributed by atoms with van der Waals surface area (Å²) in [5.74, 6) is -0.327. The van der Waals surface area contributed by atoms with Gasteiger partial charge < -0.3 is 10.6 Å². The molecule has 0 unspecified atom stereocenters. The van der Waals surface area contributed by atoms with E-state index in [2.05, 4.69) is 58.0 Å². The third-order valence-electron chi connectivity index (χ3n) is 7.20. The number of nitrogens with one attached hydrogen (secondary N) is 2. The Balaban J connectivity index is 1.63. The van der Waals surface area contributed by atoms with E-state index in [0.29, 0.717) is 33.2 Å². The molecule has 3 aromatic carbocycles. The summed E-state index contributed by atoms with van der Waals surface area (Å²) in [6.45, 7) is 8.24. The fourth-order valence-electron chi connectivity index (χ4n) is 4.98. The topological polar surface area (TPSA) is 91.5 Å². The minimum absolute atomic E-state index is 0.0256. The Hall–Kier alpha value is -4.48. The minimum atomic E-state index is -0.464. The molecule has 0 saturated carbocycles. The number of aromatic nitrogens is 4. The van der Waals surface area contributed by atoms with Gasteiger partial charge in [0.1, 0.15) is 17.6 Å². The Morgan fingerprint density at radius 3 is 2.49 bits per heavy atom. The molecule has 9 heteroatoms. The SMILES string of the molecule is CC[C@@H](Nc1c(C#N)cnc2c(N[C@@H](c3ccc(F)cc3)c3cn(C(C)C)nn3)cc(Cl)cc12)c1ccccc1C. The van der Waals surface area contributed by atoms with Crippen LogP contribution in [0.15, 0.2) is 73.1 Å². The van der Waals surface area contributed by atoms with Crippen LogP contribution < -0.4 is 10.6 Å². The van der Waals surface area contributed by atoms with Gasteiger partial charge in [-0.1, -0.05) is 60.1 Å². The van der Waals surface area contributed by atoms with Crippen LogP contribution in [-0.2, 0) is 0 Å². The summed E-state index contributed by atoms with van der Waals surface area (Å²) in [6, 6.07) is 20.0. The number of aryl methyl sites for hydroxylation is 1. The van der Waals surface area contributed by atoms with Crippen LogP contribution >= 0.6 is 11.6 Å². The van der Waals surface area contributed by atoms with Gasteiger partial charge in [0.2, 0.25) is 0 Å². The lowest BCUT2D eigenvalue weighted by Gasteiger charge is -2.24. The van der Waals surface area contributed by atoms with Crippen molar-refractivity contribution in [3.8, 4) is 6.07 Å². The van der Waals surface area contributed by atoms with Crippen LogP contribution in [0, 0.1) is 24.1 Å². The van der Waals surface area contributed by atoms with Gasteiger partial charge in [0.05, 0.1) is 40.7 Å². The van der Waals surface area contributed by atoms with Gasteiger partial charge in [-0.25, -0.2) is 9.07 Å². The van der Waals surface area contributed by atoms with Crippen LogP contribution in [0.25, 0.3) is 10.9 Å². The molecule has 7 nitrogen and oxygen atoms in total. The number of pyridine rings is 1. The third-order valence-corrected chi connectivity index (χ3v) is 7.42. The minimum Gasteiger partial charge on any atom is -0.377 e. The second kappa shape index (κ2) is 11.9. The first-order valence-corrected chi connectivity index (χ1v) is 13.9. The van der Waals surface area contributed by atoms with Gasteiger partial charge in [0.15, 0.2) is 0 Å². The van der Waals surface area contributed by atoms with Crippen LogP contribution in [0.2, 0.25) is 5.02 Å². The number of benzene rings is 3. The van der Waals surface area contributed by atoms with Crippen molar-refractivity contribution < 1.29 is 4.39 Å². The van der Waals surface area contributed by atoms with E-state index in [4.69, 9.17) is 11.6 Å². The van der Waals surface area contributed by atoms with Gasteiger partial charge >= 0.3 is 0 Å². The molecule has 5 aromatic rings. The number of anilines is 2. The van der Waals surface area contributed by atoms with E-state index in [1.807, 2.05) is 38.2 Å². The maximum absolute atomic E-state index is 13.8. The average molecular weight is 568 g/mol. The first kappa shape index (κ1) is 28.1. The molecular weight excluding hydrogens is 537 g/mol. The van der Waals surface area contributed by atoms with Crippen molar-refractivity contribution in [2.75, 3.05) is 10.6 Å². The highest BCUT2D eigenvalue weighted by atomic mass is 35.5. The molecule has 5 rings (SSSR count). The van der Waals surface area contributed by atoms with Gasteiger partial charge in [0, 0.05) is 22.6 Å². The number of fused-ring (bicyclic) bond motifs is 1. The number of nitrogens with zero attached hydrogens (tertiary/aromatic N) is 5. The highest BCUT2D eigenvalue weighted by molar-refractivity contribution is 6.32. The van der Waals surface area contributed by atoms with E-state index >= 15 is 0 Å². The maximum Gasteiger partial charge on any atom is 0.123 e. The summed E-state index contributed by atoms with van der Waals surface area (Å²) in [6.07, 6.45) is 4.26. The standard InChI is InChI=1S/C32H31ClFN7/c1-5-27(25-9-7-6-8-20(25)4)37-30-22(16-35)17-36-32-26(30)14-23(33)15-28(32)38-31(21-10-12-24(34)13-11-21)29-18-41(19(2)3)40-39-29/h6-15,17-19,27,31,38H,5H2,1-4H3,(H,36,37)/t27-,31+/m1/s1. The van der Waals surface area contributed by atoms with Crippen LogP contribution in [-0.4, -0.2) is 20.0 Å². The van der Waals surface area contributed by atoms with E-state index in [-0.39, 0.29) is 17.9 Å². The molecular formula is C32H31ClFN7. The Morgan fingerprint density at radius 2 is 1.83 bits per heavy atom. The van der Waals surface area contributed by atoms with Crippen molar-refractivity contribution in [2.24, 2.45) is 0 Å². The Kier molecular flexibility index (Phi) is 8.18. The predicted molar refractivity (Wildman–Crippen MR) is 162 cm³/mol. The van der Waals surface area contributed by atoms with Gasteiger partial charge in [-0.05, 0) is 68.1 Å². The quantitative estimate of drug-likeness (QED) is 0.187. The zero-order valence-electron chi connectivity index (χ0n) is 23.4. The first-order valence-electron chi connectivity index (χ1n) is 13.6. The molecule has 208 valence electrons. The van der Waals surface area contributed by atoms with E-state index < -0.39 is 6.04 Å². The van der Waals surface area contributed by atoms with E-state index in [9.17, 15) is 9.65 Å². The smallest absolute Gasteiger partial charge is 0.123 e. The Labute approximate surface area is 244 Å². The normalized spacial score (nSPS) is 12.7. The summed E-state index contributed by atoms with van der Waals surface area (Å²) in [5, 5.41) is 27.1. The largest absolute Gasteiger partial charge is 0.377 e. The molecule has 0 fully saturated rings. The van der Waals surface area contributed by atoms with E-state index in [0.717, 1.165) is 22.9 Å². The third kappa shape index (κ3) is 5.86. The van der Waals surface area contributed by atoms with E-state index in [1.54, 1.807) is 29.1 Å². The lowest BCUT2D eigenvalue weighted by atomic mass is 9.98.